The molecule has 3 rings (SSSR count). The highest BCUT2D eigenvalue weighted by molar-refractivity contribution is 5.99. The molecule has 0 fully saturated rings. The van der Waals surface area contributed by atoms with Crippen LogP contribution in [0.4, 0.5) is 0 Å². The minimum atomic E-state index is -0.358. The normalized spacial score (nSPS) is 18.2. The summed E-state index contributed by atoms with van der Waals surface area (Å²) in [5.74, 6) is -0.358. The maximum absolute atomic E-state index is 11.7. The molecule has 1 unspecified atom stereocenters. The van der Waals surface area contributed by atoms with Crippen LogP contribution in [0.2, 0.25) is 0 Å². The van der Waals surface area contributed by atoms with E-state index in [0.29, 0.717) is 5.69 Å². The predicted molar refractivity (Wildman–Crippen MR) is 80.7 cm³/mol. The monoisotopic (exact) mass is 271 g/mol. The van der Waals surface area contributed by atoms with Crippen LogP contribution in [-0.2, 0) is 19.4 Å². The average molecular weight is 271 g/mol. The topological polar surface area (TPSA) is 74.0 Å². The molecule has 0 radical (unpaired) electrons. The van der Waals surface area contributed by atoms with Crippen LogP contribution >= 0.6 is 0 Å². The summed E-state index contributed by atoms with van der Waals surface area (Å²) < 4.78 is 2.04. The van der Waals surface area contributed by atoms with Crippen molar-refractivity contribution in [1.82, 2.24) is 4.57 Å². The second kappa shape index (κ2) is 4.94. The highest BCUT2D eigenvalue weighted by atomic mass is 16.1. The fourth-order valence-corrected chi connectivity index (χ4v) is 3.29. The molecule has 1 heterocycles. The van der Waals surface area contributed by atoms with Crippen LogP contribution in [0.5, 0.6) is 0 Å². The molecule has 0 spiro atoms. The predicted octanol–water partition coefficient (Wildman–Crippen LogP) is 1.97. The SMILES string of the molecule is CCCn1c(C(N)=O)cc2c3c(ccc21)CCC(N)C3. The third-order valence-electron chi connectivity index (χ3n) is 4.24. The second-order valence-corrected chi connectivity index (χ2v) is 5.68. The Bertz CT molecular complexity index is 672. The Hall–Kier alpha value is -1.81. The summed E-state index contributed by atoms with van der Waals surface area (Å²) in [7, 11) is 0. The fraction of sp³-hybridized carbons (Fsp3) is 0.438. The lowest BCUT2D eigenvalue weighted by Crippen LogP contribution is -2.27. The van der Waals surface area contributed by atoms with Crippen LogP contribution < -0.4 is 11.5 Å². The van der Waals surface area contributed by atoms with Gasteiger partial charge in [-0.2, -0.15) is 0 Å². The van der Waals surface area contributed by atoms with E-state index in [1.165, 1.54) is 11.1 Å². The largest absolute Gasteiger partial charge is 0.364 e. The molecule has 20 heavy (non-hydrogen) atoms. The van der Waals surface area contributed by atoms with Crippen molar-refractivity contribution in [3.63, 3.8) is 0 Å². The lowest BCUT2D eigenvalue weighted by molar-refractivity contribution is 0.0992. The van der Waals surface area contributed by atoms with E-state index < -0.39 is 0 Å². The lowest BCUT2D eigenvalue weighted by atomic mass is 9.87. The van der Waals surface area contributed by atoms with E-state index in [1.54, 1.807) is 0 Å². The van der Waals surface area contributed by atoms with Gasteiger partial charge in [-0.25, -0.2) is 0 Å². The zero-order chi connectivity index (χ0) is 14.3. The maximum Gasteiger partial charge on any atom is 0.265 e. The Morgan fingerprint density at radius 3 is 2.95 bits per heavy atom. The van der Waals surface area contributed by atoms with Crippen molar-refractivity contribution in [2.24, 2.45) is 11.5 Å². The molecule has 1 aromatic heterocycles. The number of primary amides is 1. The quantitative estimate of drug-likeness (QED) is 0.895. The highest BCUT2D eigenvalue weighted by Gasteiger charge is 2.21. The van der Waals surface area contributed by atoms with Gasteiger partial charge in [0.2, 0.25) is 0 Å². The van der Waals surface area contributed by atoms with Gasteiger partial charge < -0.3 is 16.0 Å². The number of aromatic nitrogens is 1. The lowest BCUT2D eigenvalue weighted by Gasteiger charge is -2.22. The molecule has 1 aromatic carbocycles. The number of carbonyl (C=O) groups excluding carboxylic acids is 1. The molecular formula is C16H21N3O. The molecule has 1 aliphatic rings. The zero-order valence-electron chi connectivity index (χ0n) is 11.9. The van der Waals surface area contributed by atoms with E-state index in [1.807, 2.05) is 10.6 Å². The first-order valence-corrected chi connectivity index (χ1v) is 7.31. The first kappa shape index (κ1) is 13.2. The Kier molecular flexibility index (Phi) is 3.26. The van der Waals surface area contributed by atoms with Gasteiger partial charge in [0.15, 0.2) is 0 Å². The number of hydrogen-bond donors (Lipinski definition) is 2. The smallest absolute Gasteiger partial charge is 0.265 e. The number of nitrogens with zero attached hydrogens (tertiary/aromatic N) is 1. The molecule has 4 heteroatoms. The standard InChI is InChI=1S/C16H21N3O/c1-2-7-19-14-6-4-10-3-5-11(17)8-12(10)13(14)9-15(19)16(18)20/h4,6,9,11H,2-3,5,7-8,17H2,1H3,(H2,18,20). The zero-order valence-corrected chi connectivity index (χ0v) is 11.9. The molecule has 4 N–H and O–H groups in total. The van der Waals surface area contributed by atoms with E-state index >= 15 is 0 Å². The molecule has 1 atom stereocenters. The van der Waals surface area contributed by atoms with Crippen LogP contribution in [0, 0.1) is 0 Å². The summed E-state index contributed by atoms with van der Waals surface area (Å²) in [5, 5.41) is 1.15. The summed E-state index contributed by atoms with van der Waals surface area (Å²) in [5.41, 5.74) is 16.0. The Morgan fingerprint density at radius 2 is 2.25 bits per heavy atom. The van der Waals surface area contributed by atoms with Crippen LogP contribution in [0.1, 0.15) is 41.4 Å². The number of rotatable bonds is 3. The van der Waals surface area contributed by atoms with Crippen molar-refractivity contribution in [2.75, 3.05) is 0 Å². The number of aryl methyl sites for hydroxylation is 2. The van der Waals surface area contributed by atoms with Crippen LogP contribution in [0.15, 0.2) is 18.2 Å². The van der Waals surface area contributed by atoms with Crippen LogP contribution in [0.3, 0.4) is 0 Å². The average Bonchev–Trinajstić information content (AvgIpc) is 2.79. The molecule has 0 saturated carbocycles. The van der Waals surface area contributed by atoms with Gasteiger partial charge in [-0.15, -0.1) is 0 Å². The number of benzene rings is 1. The number of carbonyl (C=O) groups is 1. The minimum absolute atomic E-state index is 0.222. The van der Waals surface area contributed by atoms with E-state index in [4.69, 9.17) is 11.5 Å². The van der Waals surface area contributed by atoms with Gasteiger partial charge in [-0.05, 0) is 48.9 Å². The van der Waals surface area contributed by atoms with Gasteiger partial charge in [0.05, 0.1) is 0 Å². The second-order valence-electron chi connectivity index (χ2n) is 5.68. The Morgan fingerprint density at radius 1 is 1.45 bits per heavy atom. The van der Waals surface area contributed by atoms with Crippen LogP contribution in [-0.4, -0.2) is 16.5 Å². The Balaban J connectivity index is 2.25. The molecular weight excluding hydrogens is 250 g/mol. The molecule has 0 aliphatic heterocycles. The van der Waals surface area contributed by atoms with E-state index in [0.717, 1.165) is 43.1 Å². The van der Waals surface area contributed by atoms with E-state index in [9.17, 15) is 4.79 Å². The summed E-state index contributed by atoms with van der Waals surface area (Å²) >= 11 is 0. The summed E-state index contributed by atoms with van der Waals surface area (Å²) in [6.07, 6.45) is 3.93. The van der Waals surface area contributed by atoms with Gasteiger partial charge in [0.25, 0.3) is 5.91 Å². The van der Waals surface area contributed by atoms with Gasteiger partial charge in [0, 0.05) is 23.5 Å². The Labute approximate surface area is 118 Å². The number of amides is 1. The van der Waals surface area contributed by atoms with Crippen molar-refractivity contribution in [3.8, 4) is 0 Å². The third kappa shape index (κ3) is 2.00. The molecule has 0 saturated heterocycles. The molecule has 2 aromatic rings. The van der Waals surface area contributed by atoms with Gasteiger partial charge in [-0.3, -0.25) is 4.79 Å². The minimum Gasteiger partial charge on any atom is -0.364 e. The molecule has 1 aliphatic carbocycles. The molecule has 1 amide bonds. The van der Waals surface area contributed by atoms with Crippen molar-refractivity contribution in [1.29, 1.82) is 0 Å². The van der Waals surface area contributed by atoms with E-state index in [-0.39, 0.29) is 11.9 Å². The van der Waals surface area contributed by atoms with Gasteiger partial charge >= 0.3 is 0 Å². The fourth-order valence-electron chi connectivity index (χ4n) is 3.29. The van der Waals surface area contributed by atoms with Crippen molar-refractivity contribution < 1.29 is 4.79 Å². The molecule has 0 bridgehead atoms. The van der Waals surface area contributed by atoms with E-state index in [2.05, 4.69) is 19.1 Å². The van der Waals surface area contributed by atoms with Crippen molar-refractivity contribution in [2.45, 2.75) is 45.2 Å². The number of fused-ring (bicyclic) bond motifs is 3. The summed E-state index contributed by atoms with van der Waals surface area (Å²) in [4.78, 5) is 11.7. The first-order valence-electron chi connectivity index (χ1n) is 7.31. The summed E-state index contributed by atoms with van der Waals surface area (Å²) in [6, 6.07) is 6.47. The van der Waals surface area contributed by atoms with Gasteiger partial charge in [0.1, 0.15) is 5.69 Å². The third-order valence-corrected chi connectivity index (χ3v) is 4.24. The van der Waals surface area contributed by atoms with Crippen LogP contribution in [0.25, 0.3) is 10.9 Å². The molecule has 4 nitrogen and oxygen atoms in total. The number of nitrogens with two attached hydrogens (primary N) is 2. The van der Waals surface area contributed by atoms with Gasteiger partial charge in [-0.1, -0.05) is 13.0 Å². The summed E-state index contributed by atoms with van der Waals surface area (Å²) in [6.45, 7) is 2.91. The number of hydrogen-bond acceptors (Lipinski definition) is 2. The van der Waals surface area contributed by atoms with Crippen molar-refractivity contribution in [3.05, 3.63) is 35.0 Å². The van der Waals surface area contributed by atoms with Crippen molar-refractivity contribution >= 4 is 16.8 Å². The maximum atomic E-state index is 11.7. The highest BCUT2D eigenvalue weighted by Crippen LogP contribution is 2.31. The first-order chi connectivity index (χ1) is 9.61. The molecule has 106 valence electrons.